The van der Waals surface area contributed by atoms with E-state index in [0.29, 0.717) is 45.2 Å². The average molecular weight is 465 g/mol. The summed E-state index contributed by atoms with van der Waals surface area (Å²) in [5.41, 5.74) is 2.13. The molecule has 0 aliphatic rings. The minimum absolute atomic E-state index is 0.112. The lowest BCUT2D eigenvalue weighted by molar-refractivity contribution is -0.116. The van der Waals surface area contributed by atoms with Crippen LogP contribution >= 0.6 is 23.4 Å². The molecule has 0 atom stereocenters. The Morgan fingerprint density at radius 3 is 2.81 bits per heavy atom. The van der Waals surface area contributed by atoms with E-state index in [1.807, 2.05) is 42.5 Å². The van der Waals surface area contributed by atoms with Gasteiger partial charge in [-0.2, -0.15) is 4.98 Å². The van der Waals surface area contributed by atoms with Gasteiger partial charge < -0.3 is 14.3 Å². The zero-order valence-corrected chi connectivity index (χ0v) is 18.3. The second kappa shape index (κ2) is 9.02. The maximum absolute atomic E-state index is 12.3. The largest absolute Gasteiger partial charge is 0.431 e. The molecule has 0 unspecified atom stereocenters. The van der Waals surface area contributed by atoms with Crippen LogP contribution in [0.15, 0.2) is 74.8 Å². The smallest absolute Gasteiger partial charge is 0.257 e. The van der Waals surface area contributed by atoms with Crippen LogP contribution in [0.4, 0.5) is 5.69 Å². The third kappa shape index (κ3) is 4.76. The van der Waals surface area contributed by atoms with Gasteiger partial charge in [-0.1, -0.05) is 58.9 Å². The van der Waals surface area contributed by atoms with Gasteiger partial charge in [0.05, 0.1) is 5.75 Å². The van der Waals surface area contributed by atoms with E-state index in [1.165, 1.54) is 11.8 Å². The average Bonchev–Trinajstić information content (AvgIpc) is 3.42. The van der Waals surface area contributed by atoms with Crippen molar-refractivity contribution in [2.45, 2.75) is 23.8 Å². The minimum atomic E-state index is -0.112. The van der Waals surface area contributed by atoms with Crippen LogP contribution in [-0.4, -0.2) is 21.0 Å². The lowest BCUT2D eigenvalue weighted by atomic mass is 10.1. The molecule has 1 N–H and O–H groups in total. The number of benzene rings is 3. The lowest BCUT2D eigenvalue weighted by Crippen LogP contribution is -2.12. The topological polar surface area (TPSA) is 94.0 Å². The van der Waals surface area contributed by atoms with Crippen LogP contribution in [0, 0.1) is 0 Å². The van der Waals surface area contributed by atoms with Gasteiger partial charge in [0.15, 0.2) is 11.4 Å². The van der Waals surface area contributed by atoms with E-state index in [1.54, 1.807) is 18.2 Å². The van der Waals surface area contributed by atoms with Crippen LogP contribution in [0.2, 0.25) is 5.02 Å². The number of aromatic nitrogens is 3. The van der Waals surface area contributed by atoms with Gasteiger partial charge in [0.2, 0.25) is 11.8 Å². The Balaban J connectivity index is 1.13. The molecule has 3 aromatic carbocycles. The summed E-state index contributed by atoms with van der Waals surface area (Å²) in [5.74, 6) is 1.26. The Morgan fingerprint density at radius 2 is 1.91 bits per heavy atom. The van der Waals surface area contributed by atoms with Crippen LogP contribution in [0.1, 0.15) is 18.1 Å². The number of carbonyl (C=O) groups excluding carboxylic acids is 1. The van der Waals surface area contributed by atoms with Crippen molar-refractivity contribution in [3.63, 3.8) is 0 Å². The van der Waals surface area contributed by atoms with E-state index in [4.69, 9.17) is 20.5 Å². The number of anilines is 1. The van der Waals surface area contributed by atoms with E-state index in [0.717, 1.165) is 16.5 Å². The third-order valence-corrected chi connectivity index (χ3v) is 5.82. The van der Waals surface area contributed by atoms with Gasteiger partial charge in [-0.25, -0.2) is 4.98 Å². The maximum atomic E-state index is 12.3. The van der Waals surface area contributed by atoms with E-state index < -0.39 is 0 Å². The number of nitrogens with zero attached hydrogens (tertiary/aromatic N) is 3. The molecule has 5 rings (SSSR count). The summed E-state index contributed by atoms with van der Waals surface area (Å²) in [4.78, 5) is 21.0. The predicted octanol–water partition coefficient (Wildman–Crippen LogP) is 5.88. The minimum Gasteiger partial charge on any atom is -0.431 e. The highest BCUT2D eigenvalue weighted by Crippen LogP contribution is 2.27. The van der Waals surface area contributed by atoms with Gasteiger partial charge in [0.1, 0.15) is 5.52 Å². The molecule has 0 aliphatic heterocycles. The molecule has 160 valence electrons. The second-order valence-electron chi connectivity index (χ2n) is 7.09. The molecule has 32 heavy (non-hydrogen) atoms. The molecule has 0 radical (unpaired) electrons. The maximum Gasteiger partial charge on any atom is 0.257 e. The number of hydrogen-bond acceptors (Lipinski definition) is 7. The van der Waals surface area contributed by atoms with Crippen LogP contribution in [-0.2, 0) is 17.0 Å². The summed E-state index contributed by atoms with van der Waals surface area (Å²) in [6.07, 6.45) is 0.603. The molecule has 0 fully saturated rings. The van der Waals surface area contributed by atoms with E-state index >= 15 is 0 Å². The predicted molar refractivity (Wildman–Crippen MR) is 124 cm³/mol. The summed E-state index contributed by atoms with van der Waals surface area (Å²) in [5, 5.41) is 10.2. The number of carbonyl (C=O) groups is 1. The van der Waals surface area contributed by atoms with Crippen LogP contribution in [0.5, 0.6) is 0 Å². The molecule has 0 saturated carbocycles. The van der Waals surface area contributed by atoms with E-state index in [2.05, 4.69) is 20.4 Å². The van der Waals surface area contributed by atoms with Crippen molar-refractivity contribution >= 4 is 56.8 Å². The Bertz CT molecular complexity index is 1410. The normalized spacial score (nSPS) is 11.3. The molecule has 0 bridgehead atoms. The molecular formula is C23H17ClN4O3S. The fourth-order valence-corrected chi connectivity index (χ4v) is 4.08. The first-order valence-corrected chi connectivity index (χ1v) is 11.3. The third-order valence-electron chi connectivity index (χ3n) is 4.76. The number of aryl methyl sites for hydroxylation is 1. The van der Waals surface area contributed by atoms with Gasteiger partial charge in [0.25, 0.3) is 5.22 Å². The first-order valence-electron chi connectivity index (χ1n) is 9.91. The molecule has 0 aliphatic carbocycles. The number of rotatable bonds is 7. The highest BCUT2D eigenvalue weighted by Gasteiger charge is 2.12. The molecule has 9 heteroatoms. The molecular weight excluding hydrogens is 448 g/mol. The lowest BCUT2D eigenvalue weighted by Gasteiger charge is -2.05. The zero-order valence-electron chi connectivity index (χ0n) is 16.7. The summed E-state index contributed by atoms with van der Waals surface area (Å²) >= 11 is 7.34. The number of nitrogens with one attached hydrogen (secondary N) is 1. The summed E-state index contributed by atoms with van der Waals surface area (Å²) < 4.78 is 10.9. The van der Waals surface area contributed by atoms with Gasteiger partial charge in [-0.3, -0.25) is 4.79 Å². The van der Waals surface area contributed by atoms with Gasteiger partial charge in [0, 0.05) is 23.6 Å². The number of oxazole rings is 1. The monoisotopic (exact) mass is 464 g/mol. The van der Waals surface area contributed by atoms with Gasteiger partial charge in [-0.15, -0.1) is 0 Å². The number of thioether (sulfide) groups is 1. The number of amides is 1. The Morgan fingerprint density at radius 1 is 1.03 bits per heavy atom. The van der Waals surface area contributed by atoms with Crippen molar-refractivity contribution in [3.8, 4) is 0 Å². The molecule has 7 nitrogen and oxygen atoms in total. The standard InChI is InChI=1S/C23H17ClN4O3S/c24-16-6-8-19-18(12-16)26-23(30-19)32-13-20-27-22(31-28-20)10-9-21(29)25-17-7-5-14-3-1-2-4-15(14)11-17/h1-8,11-12H,9-10,13H2,(H,25,29). The summed E-state index contributed by atoms with van der Waals surface area (Å²) in [6, 6.07) is 19.1. The summed E-state index contributed by atoms with van der Waals surface area (Å²) in [6.45, 7) is 0. The van der Waals surface area contributed by atoms with Crippen molar-refractivity contribution in [1.29, 1.82) is 0 Å². The Kier molecular flexibility index (Phi) is 5.79. The van der Waals surface area contributed by atoms with E-state index in [9.17, 15) is 4.79 Å². The van der Waals surface area contributed by atoms with Crippen LogP contribution in [0.3, 0.4) is 0 Å². The fourth-order valence-electron chi connectivity index (χ4n) is 3.23. The number of fused-ring (bicyclic) bond motifs is 2. The molecule has 5 aromatic rings. The van der Waals surface area contributed by atoms with Crippen molar-refractivity contribution in [2.75, 3.05) is 5.32 Å². The van der Waals surface area contributed by atoms with Gasteiger partial charge >= 0.3 is 0 Å². The number of halogens is 1. The van der Waals surface area contributed by atoms with Crippen LogP contribution in [0.25, 0.3) is 21.9 Å². The number of hydrogen-bond donors (Lipinski definition) is 1. The second-order valence-corrected chi connectivity index (χ2v) is 8.46. The summed E-state index contributed by atoms with van der Waals surface area (Å²) in [7, 11) is 0. The quantitative estimate of drug-likeness (QED) is 0.300. The molecule has 0 spiro atoms. The zero-order chi connectivity index (χ0) is 21.9. The molecule has 1 amide bonds. The SMILES string of the molecule is O=C(CCc1nc(CSc2nc3cc(Cl)ccc3o2)no1)Nc1ccc2ccccc2c1. The highest BCUT2D eigenvalue weighted by atomic mass is 35.5. The van der Waals surface area contributed by atoms with Crippen molar-refractivity contribution in [1.82, 2.24) is 15.1 Å². The first kappa shape index (κ1) is 20.5. The Labute approximate surface area is 192 Å². The first-order chi connectivity index (χ1) is 15.6. The van der Waals surface area contributed by atoms with Crippen molar-refractivity contribution in [2.24, 2.45) is 0 Å². The fraction of sp³-hybridized carbons (Fsp3) is 0.130. The van der Waals surface area contributed by atoms with Crippen molar-refractivity contribution < 1.29 is 13.7 Å². The van der Waals surface area contributed by atoms with Gasteiger partial charge in [-0.05, 0) is 41.1 Å². The molecule has 0 saturated heterocycles. The van der Waals surface area contributed by atoms with Crippen molar-refractivity contribution in [3.05, 3.63) is 77.4 Å². The Hall–Kier alpha value is -3.36. The highest BCUT2D eigenvalue weighted by molar-refractivity contribution is 7.98. The van der Waals surface area contributed by atoms with E-state index in [-0.39, 0.29) is 12.3 Å². The van der Waals surface area contributed by atoms with Crippen LogP contribution < -0.4 is 5.32 Å². The molecule has 2 aromatic heterocycles. The molecule has 2 heterocycles.